The Morgan fingerprint density at radius 3 is 1.90 bits per heavy atom. The minimum absolute atomic E-state index is 0.0567. The number of hydrogen-bond donors (Lipinski definition) is 1. The molecule has 10 nitrogen and oxygen atoms in total. The molecule has 0 aliphatic carbocycles. The summed E-state index contributed by atoms with van der Waals surface area (Å²) in [5.41, 5.74) is -1.90. The van der Waals surface area contributed by atoms with Crippen LogP contribution < -0.4 is 19.7 Å². The largest absolute Gasteiger partial charge is 0.456 e. The van der Waals surface area contributed by atoms with Crippen molar-refractivity contribution in [3.8, 4) is 17.4 Å². The van der Waals surface area contributed by atoms with E-state index in [0.717, 1.165) is 4.90 Å². The first kappa shape index (κ1) is 30.2. The third-order valence-corrected chi connectivity index (χ3v) is 4.86. The first-order valence-electron chi connectivity index (χ1n) is 12.8. The Labute approximate surface area is 234 Å². The minimum atomic E-state index is -0.870. The van der Waals surface area contributed by atoms with Gasteiger partial charge in [-0.2, -0.15) is 4.90 Å². The molecule has 0 spiro atoms. The second kappa shape index (κ2) is 11.4. The van der Waals surface area contributed by atoms with Gasteiger partial charge in [0.2, 0.25) is 5.88 Å². The number of imide groups is 1. The SMILES string of the molecule is CC(C)(C)NC(=O)Oc1cc(Oc2ccc(N(C(=O)OC(C)(C)C)C(=O)OC(C)(C)C)c3ccccc23)ccn1. The van der Waals surface area contributed by atoms with E-state index in [0.29, 0.717) is 22.3 Å². The van der Waals surface area contributed by atoms with Crippen LogP contribution in [0.1, 0.15) is 62.3 Å². The number of ether oxygens (including phenoxy) is 4. The molecule has 3 amide bonds. The van der Waals surface area contributed by atoms with Crippen LogP contribution in [0.15, 0.2) is 54.7 Å². The first-order chi connectivity index (χ1) is 18.4. The van der Waals surface area contributed by atoms with Gasteiger partial charge in [-0.3, -0.25) is 0 Å². The highest BCUT2D eigenvalue weighted by Gasteiger charge is 2.34. The summed E-state index contributed by atoms with van der Waals surface area (Å²) in [6, 6.07) is 13.5. The predicted molar refractivity (Wildman–Crippen MR) is 152 cm³/mol. The van der Waals surface area contributed by atoms with Crippen molar-refractivity contribution in [3.63, 3.8) is 0 Å². The van der Waals surface area contributed by atoms with Gasteiger partial charge in [-0.25, -0.2) is 19.4 Å². The fourth-order valence-corrected chi connectivity index (χ4v) is 3.49. The fourth-order valence-electron chi connectivity index (χ4n) is 3.49. The molecule has 40 heavy (non-hydrogen) atoms. The maximum absolute atomic E-state index is 13.2. The molecule has 0 bridgehead atoms. The van der Waals surface area contributed by atoms with Crippen molar-refractivity contribution >= 4 is 34.7 Å². The number of hydrogen-bond acceptors (Lipinski definition) is 8. The highest BCUT2D eigenvalue weighted by Crippen LogP contribution is 2.37. The average Bonchev–Trinajstić information content (AvgIpc) is 2.77. The molecular weight excluding hydrogens is 514 g/mol. The van der Waals surface area contributed by atoms with Crippen molar-refractivity contribution < 1.29 is 33.3 Å². The van der Waals surface area contributed by atoms with Gasteiger partial charge in [0, 0.05) is 28.6 Å². The second-order valence-corrected chi connectivity index (χ2v) is 12.1. The minimum Gasteiger partial charge on any atom is -0.456 e. The molecule has 0 aliphatic heterocycles. The molecule has 0 aliphatic rings. The number of fused-ring (bicyclic) bond motifs is 1. The highest BCUT2D eigenvalue weighted by molar-refractivity contribution is 6.15. The van der Waals surface area contributed by atoms with Crippen molar-refractivity contribution in [2.75, 3.05) is 4.90 Å². The van der Waals surface area contributed by atoms with E-state index in [1.165, 1.54) is 12.3 Å². The zero-order valence-electron chi connectivity index (χ0n) is 24.4. The lowest BCUT2D eigenvalue weighted by Gasteiger charge is -2.29. The van der Waals surface area contributed by atoms with E-state index < -0.39 is 35.0 Å². The second-order valence-electron chi connectivity index (χ2n) is 12.1. The lowest BCUT2D eigenvalue weighted by molar-refractivity contribution is 0.0431. The van der Waals surface area contributed by atoms with Gasteiger partial charge in [-0.15, -0.1) is 0 Å². The number of nitrogens with one attached hydrogen (secondary N) is 1. The Bertz CT molecular complexity index is 1370. The molecule has 0 fully saturated rings. The molecule has 214 valence electrons. The van der Waals surface area contributed by atoms with Gasteiger partial charge in [0.05, 0.1) is 5.69 Å². The molecule has 0 unspecified atom stereocenters. The lowest BCUT2D eigenvalue weighted by atomic mass is 10.1. The number of pyridine rings is 1. The van der Waals surface area contributed by atoms with E-state index in [1.54, 1.807) is 77.9 Å². The van der Waals surface area contributed by atoms with Gasteiger partial charge in [-0.1, -0.05) is 24.3 Å². The molecule has 0 saturated heterocycles. The third kappa shape index (κ3) is 8.59. The molecule has 0 saturated carbocycles. The quantitative estimate of drug-likeness (QED) is 0.352. The predicted octanol–water partition coefficient (Wildman–Crippen LogP) is 7.59. The van der Waals surface area contributed by atoms with E-state index in [-0.39, 0.29) is 11.6 Å². The zero-order valence-corrected chi connectivity index (χ0v) is 24.4. The molecule has 0 radical (unpaired) electrons. The smallest absolute Gasteiger partial charge is 0.424 e. The van der Waals surface area contributed by atoms with Crippen molar-refractivity contribution in [2.24, 2.45) is 0 Å². The van der Waals surface area contributed by atoms with Crippen molar-refractivity contribution in [3.05, 3.63) is 54.7 Å². The van der Waals surface area contributed by atoms with Gasteiger partial charge >= 0.3 is 18.3 Å². The standard InChI is InChI=1S/C30H37N3O7/c1-28(2,3)32-25(34)38-24-18-19(16-17-31-24)37-23-15-14-22(20-12-10-11-13-21(20)23)33(26(35)39-29(4,5)6)27(36)40-30(7,8)9/h10-18H,1-9H3,(H,32,34). The summed E-state index contributed by atoms with van der Waals surface area (Å²) in [7, 11) is 0. The van der Waals surface area contributed by atoms with Crippen LogP contribution in [0.4, 0.5) is 20.1 Å². The highest BCUT2D eigenvalue weighted by atomic mass is 16.6. The van der Waals surface area contributed by atoms with Crippen molar-refractivity contribution in [1.82, 2.24) is 10.3 Å². The third-order valence-electron chi connectivity index (χ3n) is 4.86. The number of nitrogens with zero attached hydrogens (tertiary/aromatic N) is 2. The number of anilines is 1. The fraction of sp³-hybridized carbons (Fsp3) is 0.400. The molecule has 1 heterocycles. The van der Waals surface area contributed by atoms with E-state index in [1.807, 2.05) is 26.8 Å². The Morgan fingerprint density at radius 2 is 1.35 bits per heavy atom. The molecule has 10 heteroatoms. The topological polar surface area (TPSA) is 116 Å². The van der Waals surface area contributed by atoms with Crippen LogP contribution in [0.5, 0.6) is 17.4 Å². The summed E-state index contributed by atoms with van der Waals surface area (Å²) in [4.78, 5) is 43.6. The van der Waals surface area contributed by atoms with Crippen LogP contribution in [-0.4, -0.2) is 40.0 Å². The Morgan fingerprint density at radius 1 is 0.775 bits per heavy atom. The monoisotopic (exact) mass is 551 g/mol. The summed E-state index contributed by atoms with van der Waals surface area (Å²) >= 11 is 0. The molecule has 3 rings (SSSR count). The van der Waals surface area contributed by atoms with Crippen LogP contribution in [0.2, 0.25) is 0 Å². The Hall–Kier alpha value is -4.34. The van der Waals surface area contributed by atoms with Gasteiger partial charge in [0.25, 0.3) is 0 Å². The molecule has 2 aromatic carbocycles. The van der Waals surface area contributed by atoms with Crippen LogP contribution in [0.3, 0.4) is 0 Å². The maximum atomic E-state index is 13.2. The number of carbonyl (C=O) groups excluding carboxylic acids is 3. The molecule has 3 aromatic rings. The van der Waals surface area contributed by atoms with Gasteiger partial charge in [-0.05, 0) is 80.5 Å². The van der Waals surface area contributed by atoms with Crippen LogP contribution in [0.25, 0.3) is 10.8 Å². The Kier molecular flexibility index (Phi) is 8.62. The van der Waals surface area contributed by atoms with E-state index in [4.69, 9.17) is 18.9 Å². The van der Waals surface area contributed by atoms with Crippen LogP contribution >= 0.6 is 0 Å². The first-order valence-corrected chi connectivity index (χ1v) is 12.8. The Balaban J connectivity index is 1.99. The summed E-state index contributed by atoms with van der Waals surface area (Å²) in [5, 5.41) is 3.86. The average molecular weight is 552 g/mol. The molecule has 0 atom stereocenters. The van der Waals surface area contributed by atoms with E-state index in [2.05, 4.69) is 10.3 Å². The lowest BCUT2D eigenvalue weighted by Crippen LogP contribution is -2.43. The zero-order chi connectivity index (χ0) is 29.9. The number of benzene rings is 2. The van der Waals surface area contributed by atoms with Gasteiger partial charge in [0.1, 0.15) is 22.7 Å². The number of carbonyl (C=O) groups is 3. The normalized spacial score (nSPS) is 11.9. The van der Waals surface area contributed by atoms with Gasteiger partial charge < -0.3 is 24.3 Å². The summed E-state index contributed by atoms with van der Waals surface area (Å²) in [5.74, 6) is 0.854. The van der Waals surface area contributed by atoms with E-state index in [9.17, 15) is 14.4 Å². The molecular formula is C30H37N3O7. The molecule has 1 N–H and O–H groups in total. The number of aromatic nitrogens is 1. The number of amides is 3. The van der Waals surface area contributed by atoms with Crippen LogP contribution in [-0.2, 0) is 9.47 Å². The maximum Gasteiger partial charge on any atom is 0.424 e. The molecule has 1 aromatic heterocycles. The summed E-state index contributed by atoms with van der Waals surface area (Å²) in [6.07, 6.45) is -0.926. The number of rotatable bonds is 4. The van der Waals surface area contributed by atoms with Crippen LogP contribution in [0, 0.1) is 0 Å². The van der Waals surface area contributed by atoms with Gasteiger partial charge in [0.15, 0.2) is 0 Å². The van der Waals surface area contributed by atoms with Crippen molar-refractivity contribution in [1.29, 1.82) is 0 Å². The summed E-state index contributed by atoms with van der Waals surface area (Å²) < 4.78 is 22.5. The summed E-state index contributed by atoms with van der Waals surface area (Å²) in [6.45, 7) is 15.8. The van der Waals surface area contributed by atoms with Crippen molar-refractivity contribution in [2.45, 2.75) is 79.1 Å². The van der Waals surface area contributed by atoms with E-state index >= 15 is 0 Å².